The van der Waals surface area contributed by atoms with Crippen LogP contribution in [0.5, 0.6) is 0 Å². The number of rotatable bonds is 12. The summed E-state index contributed by atoms with van der Waals surface area (Å²) in [4.78, 5) is 61.0. The van der Waals surface area contributed by atoms with Gasteiger partial charge in [0.25, 0.3) is 0 Å². The average molecular weight is 549 g/mol. The molecule has 1 aliphatic rings. The van der Waals surface area contributed by atoms with Gasteiger partial charge in [0.1, 0.15) is 6.04 Å². The molecule has 212 valence electrons. The molecule has 1 saturated heterocycles. The summed E-state index contributed by atoms with van der Waals surface area (Å²) in [7, 11) is 1.23. The standard InChI is InChI=1S/C29H36N6O5/c1-20(36)31-15-26(29(39)40-2)33-27(37)18-34(16-22-9-5-8-21-7-3-4-11-25(21)22)17-24-10-6-12-35(24)28(38)13-23-14-30-19-32-23/h3-5,7-9,11,14,19,24,26H,6,10,12-13,15-18H2,1-2H3,(H,30,32)(H,31,36)(H,33,37)/t24-,26-/m0/s1. The van der Waals surface area contributed by atoms with E-state index in [9.17, 15) is 19.2 Å². The Morgan fingerprint density at radius 3 is 2.73 bits per heavy atom. The van der Waals surface area contributed by atoms with Crippen LogP contribution in [0.4, 0.5) is 0 Å². The lowest BCUT2D eigenvalue weighted by atomic mass is 10.0. The Morgan fingerprint density at radius 2 is 1.98 bits per heavy atom. The Kier molecular flexibility index (Phi) is 9.85. The van der Waals surface area contributed by atoms with Gasteiger partial charge in [0, 0.05) is 45.3 Å². The summed E-state index contributed by atoms with van der Waals surface area (Å²) in [5.74, 6) is -1.34. The third kappa shape index (κ3) is 7.66. The van der Waals surface area contributed by atoms with Crippen molar-refractivity contribution in [2.24, 2.45) is 0 Å². The number of hydrogen-bond donors (Lipinski definition) is 3. The first kappa shape index (κ1) is 28.8. The summed E-state index contributed by atoms with van der Waals surface area (Å²) in [5, 5.41) is 7.45. The number of aromatic amines is 1. The SMILES string of the molecule is COC(=O)[C@H](CNC(C)=O)NC(=O)CN(Cc1cccc2ccccc12)C[C@@H]1CCCN1C(=O)Cc1c[nH]cn1. The van der Waals surface area contributed by atoms with E-state index in [4.69, 9.17) is 4.74 Å². The second kappa shape index (κ2) is 13.7. The number of nitrogens with one attached hydrogen (secondary N) is 3. The number of carbonyl (C=O) groups is 4. The van der Waals surface area contributed by atoms with Gasteiger partial charge in [-0.2, -0.15) is 0 Å². The lowest BCUT2D eigenvalue weighted by molar-refractivity contribution is -0.145. The number of fused-ring (bicyclic) bond motifs is 1. The number of ether oxygens (including phenoxy) is 1. The van der Waals surface area contributed by atoms with Crippen molar-refractivity contribution in [3.8, 4) is 0 Å². The van der Waals surface area contributed by atoms with Gasteiger partial charge in [0.15, 0.2) is 0 Å². The molecule has 0 bridgehead atoms. The van der Waals surface area contributed by atoms with Gasteiger partial charge in [-0.1, -0.05) is 42.5 Å². The number of benzene rings is 2. The molecular weight excluding hydrogens is 512 g/mol. The summed E-state index contributed by atoms with van der Waals surface area (Å²) in [6, 6.07) is 13.1. The van der Waals surface area contributed by atoms with Crippen LogP contribution in [0.1, 0.15) is 31.0 Å². The maximum atomic E-state index is 13.2. The molecule has 2 heterocycles. The van der Waals surface area contributed by atoms with Crippen molar-refractivity contribution in [1.82, 2.24) is 30.4 Å². The fraction of sp³-hybridized carbons (Fsp3) is 0.414. The number of aromatic nitrogens is 2. The van der Waals surface area contributed by atoms with Gasteiger partial charge in [-0.15, -0.1) is 0 Å². The first-order chi connectivity index (χ1) is 19.3. The molecule has 40 heavy (non-hydrogen) atoms. The van der Waals surface area contributed by atoms with E-state index in [0.717, 1.165) is 29.2 Å². The number of amides is 3. The van der Waals surface area contributed by atoms with Crippen LogP contribution in [0.2, 0.25) is 0 Å². The van der Waals surface area contributed by atoms with Crippen molar-refractivity contribution >= 4 is 34.5 Å². The Bertz CT molecular complexity index is 1320. The molecule has 2 aromatic carbocycles. The first-order valence-electron chi connectivity index (χ1n) is 13.4. The molecule has 1 fully saturated rings. The second-order valence-corrected chi connectivity index (χ2v) is 10.0. The van der Waals surface area contributed by atoms with E-state index in [2.05, 4.69) is 26.7 Å². The maximum absolute atomic E-state index is 13.2. The number of methoxy groups -OCH3 is 1. The first-order valence-corrected chi connectivity index (χ1v) is 13.4. The van der Waals surface area contributed by atoms with Crippen LogP contribution < -0.4 is 10.6 Å². The second-order valence-electron chi connectivity index (χ2n) is 10.0. The van der Waals surface area contributed by atoms with E-state index in [1.807, 2.05) is 46.2 Å². The third-order valence-corrected chi connectivity index (χ3v) is 7.07. The summed E-state index contributed by atoms with van der Waals surface area (Å²) in [6.45, 7) is 2.87. The van der Waals surface area contributed by atoms with Gasteiger partial charge in [-0.3, -0.25) is 19.3 Å². The Labute approximate surface area is 233 Å². The highest BCUT2D eigenvalue weighted by atomic mass is 16.5. The van der Waals surface area contributed by atoms with Gasteiger partial charge in [-0.05, 0) is 29.2 Å². The molecule has 3 amide bonds. The van der Waals surface area contributed by atoms with E-state index in [1.165, 1.54) is 14.0 Å². The average Bonchev–Trinajstić information content (AvgIpc) is 3.63. The number of likely N-dealkylation sites (tertiary alicyclic amines) is 1. The van der Waals surface area contributed by atoms with Crippen LogP contribution in [0.15, 0.2) is 55.0 Å². The Balaban J connectivity index is 1.52. The number of hydrogen-bond acceptors (Lipinski definition) is 7. The van der Waals surface area contributed by atoms with Crippen LogP contribution in [0.25, 0.3) is 10.8 Å². The fourth-order valence-electron chi connectivity index (χ4n) is 5.18. The monoisotopic (exact) mass is 548 g/mol. The molecule has 2 atom stereocenters. The van der Waals surface area contributed by atoms with Gasteiger partial charge in [0.2, 0.25) is 17.7 Å². The van der Waals surface area contributed by atoms with Crippen molar-refractivity contribution in [3.63, 3.8) is 0 Å². The van der Waals surface area contributed by atoms with Gasteiger partial charge in [0.05, 0.1) is 32.1 Å². The van der Waals surface area contributed by atoms with Crippen LogP contribution in [0.3, 0.4) is 0 Å². The zero-order chi connectivity index (χ0) is 28.5. The molecule has 1 aromatic heterocycles. The molecule has 1 aliphatic heterocycles. The fourth-order valence-corrected chi connectivity index (χ4v) is 5.18. The number of esters is 1. The van der Waals surface area contributed by atoms with E-state index >= 15 is 0 Å². The van der Waals surface area contributed by atoms with Crippen LogP contribution >= 0.6 is 0 Å². The highest BCUT2D eigenvalue weighted by Gasteiger charge is 2.31. The molecule has 4 rings (SSSR count). The minimum atomic E-state index is -1.01. The largest absolute Gasteiger partial charge is 0.467 e. The third-order valence-electron chi connectivity index (χ3n) is 7.07. The topological polar surface area (TPSA) is 137 Å². The number of carbonyl (C=O) groups excluding carboxylic acids is 4. The maximum Gasteiger partial charge on any atom is 0.330 e. The molecule has 0 aliphatic carbocycles. The predicted octanol–water partition coefficient (Wildman–Crippen LogP) is 1.39. The molecule has 3 N–H and O–H groups in total. The van der Waals surface area contributed by atoms with Crippen molar-refractivity contribution in [2.45, 2.75) is 44.8 Å². The van der Waals surface area contributed by atoms with E-state index in [1.54, 1.807) is 12.5 Å². The summed E-state index contributed by atoms with van der Waals surface area (Å²) >= 11 is 0. The number of imidazole rings is 1. The minimum Gasteiger partial charge on any atom is -0.467 e. The highest BCUT2D eigenvalue weighted by molar-refractivity contribution is 5.87. The van der Waals surface area contributed by atoms with Gasteiger partial charge in [-0.25, -0.2) is 9.78 Å². The Hall–Kier alpha value is -4.25. The van der Waals surface area contributed by atoms with Crippen molar-refractivity contribution in [1.29, 1.82) is 0 Å². The molecule has 11 heteroatoms. The van der Waals surface area contributed by atoms with Crippen LogP contribution in [-0.4, -0.2) is 88.8 Å². The smallest absolute Gasteiger partial charge is 0.330 e. The molecule has 0 saturated carbocycles. The molecule has 11 nitrogen and oxygen atoms in total. The lowest BCUT2D eigenvalue weighted by Crippen LogP contribution is -2.52. The van der Waals surface area contributed by atoms with Crippen molar-refractivity contribution in [3.05, 3.63) is 66.2 Å². The zero-order valence-electron chi connectivity index (χ0n) is 22.9. The Morgan fingerprint density at radius 1 is 1.18 bits per heavy atom. The molecule has 0 unspecified atom stereocenters. The van der Waals surface area contributed by atoms with Gasteiger partial charge < -0.3 is 25.3 Å². The zero-order valence-corrected chi connectivity index (χ0v) is 22.9. The lowest BCUT2D eigenvalue weighted by Gasteiger charge is -2.31. The molecule has 3 aromatic rings. The number of H-pyrrole nitrogens is 1. The normalized spacial score (nSPS) is 15.7. The predicted molar refractivity (Wildman–Crippen MR) is 149 cm³/mol. The van der Waals surface area contributed by atoms with E-state index in [0.29, 0.717) is 25.3 Å². The summed E-state index contributed by atoms with van der Waals surface area (Å²) < 4.78 is 4.82. The number of nitrogens with zero attached hydrogens (tertiary/aromatic N) is 3. The van der Waals surface area contributed by atoms with Crippen molar-refractivity contribution < 1.29 is 23.9 Å². The minimum absolute atomic E-state index is 0.00484. The summed E-state index contributed by atoms with van der Waals surface area (Å²) in [6.07, 6.45) is 5.20. The molecule has 0 radical (unpaired) electrons. The molecule has 0 spiro atoms. The highest BCUT2D eigenvalue weighted by Crippen LogP contribution is 2.23. The van der Waals surface area contributed by atoms with E-state index < -0.39 is 12.0 Å². The van der Waals surface area contributed by atoms with Crippen LogP contribution in [0, 0.1) is 0 Å². The van der Waals surface area contributed by atoms with Gasteiger partial charge >= 0.3 is 5.97 Å². The summed E-state index contributed by atoms with van der Waals surface area (Å²) in [5.41, 5.74) is 1.75. The quantitative estimate of drug-likeness (QED) is 0.291. The molecular formula is C29H36N6O5. The van der Waals surface area contributed by atoms with E-state index in [-0.39, 0.29) is 43.3 Å². The van der Waals surface area contributed by atoms with Crippen molar-refractivity contribution in [2.75, 3.05) is 33.3 Å². The van der Waals surface area contributed by atoms with Crippen LogP contribution in [-0.2, 0) is 36.9 Å².